The lowest BCUT2D eigenvalue weighted by molar-refractivity contribution is -0.137. The Morgan fingerprint density at radius 3 is 2.30 bits per heavy atom. The van der Waals surface area contributed by atoms with Gasteiger partial charge in [0.15, 0.2) is 0 Å². The summed E-state index contributed by atoms with van der Waals surface area (Å²) in [6, 6.07) is 9.22. The van der Waals surface area contributed by atoms with E-state index in [0.29, 0.717) is 22.6 Å². The van der Waals surface area contributed by atoms with Crippen molar-refractivity contribution >= 4 is 15.7 Å². The normalized spacial score (nSPS) is 11.7. The number of sulfonamides is 1. The highest BCUT2D eigenvalue weighted by molar-refractivity contribution is 7.92. The van der Waals surface area contributed by atoms with Crippen LogP contribution in [0.1, 0.15) is 11.1 Å². The number of hydrogen-bond donors (Lipinski definition) is 1. The lowest BCUT2D eigenvalue weighted by Crippen LogP contribution is -2.11. The molecule has 12 heteroatoms. The molecule has 0 radical (unpaired) electrons. The first-order valence-electron chi connectivity index (χ1n) is 9.36. The zero-order valence-corrected chi connectivity index (χ0v) is 18.6. The van der Waals surface area contributed by atoms with E-state index < -0.39 is 21.8 Å². The van der Waals surface area contributed by atoms with E-state index in [4.69, 9.17) is 14.2 Å². The molecule has 33 heavy (non-hydrogen) atoms. The van der Waals surface area contributed by atoms with Crippen LogP contribution in [0.25, 0.3) is 11.3 Å². The van der Waals surface area contributed by atoms with E-state index >= 15 is 0 Å². The second-order valence-electron chi connectivity index (χ2n) is 6.84. The topological polar surface area (TPSA) is 99.6 Å². The molecule has 0 amide bonds. The van der Waals surface area contributed by atoms with Crippen LogP contribution in [0, 0.1) is 0 Å². The van der Waals surface area contributed by atoms with Crippen molar-refractivity contribution in [3.8, 4) is 28.8 Å². The number of aromatic nitrogens is 2. The Bertz CT molecular complexity index is 1230. The minimum absolute atomic E-state index is 0.0152. The highest BCUT2D eigenvalue weighted by atomic mass is 32.2. The maximum absolute atomic E-state index is 12.7. The largest absolute Gasteiger partial charge is 0.494 e. The SMILES string of the molecule is COc1ccc(OCc2ccc(C(F)(F)F)cc2)nc1-c1cnc(OC)c(NS(C)(=O)=O)c1. The fourth-order valence-corrected chi connectivity index (χ4v) is 3.39. The molecule has 0 saturated heterocycles. The molecule has 2 heterocycles. The molecule has 0 bridgehead atoms. The van der Waals surface area contributed by atoms with Crippen molar-refractivity contribution in [2.24, 2.45) is 0 Å². The first kappa shape index (κ1) is 24.1. The summed E-state index contributed by atoms with van der Waals surface area (Å²) < 4.78 is 79.9. The second kappa shape index (κ2) is 9.53. The summed E-state index contributed by atoms with van der Waals surface area (Å²) in [7, 11) is -0.809. The lowest BCUT2D eigenvalue weighted by Gasteiger charge is -2.14. The Labute approximate surface area is 188 Å². The molecule has 0 saturated carbocycles. The third kappa shape index (κ3) is 6.25. The van der Waals surface area contributed by atoms with E-state index in [9.17, 15) is 21.6 Å². The first-order chi connectivity index (χ1) is 15.5. The summed E-state index contributed by atoms with van der Waals surface area (Å²) in [6.45, 7) is -0.0152. The zero-order chi connectivity index (χ0) is 24.2. The molecule has 0 aliphatic heterocycles. The van der Waals surface area contributed by atoms with Crippen molar-refractivity contribution in [1.29, 1.82) is 0 Å². The summed E-state index contributed by atoms with van der Waals surface area (Å²) >= 11 is 0. The number of halogens is 3. The highest BCUT2D eigenvalue weighted by Crippen LogP contribution is 2.34. The number of alkyl halides is 3. The number of hydrogen-bond acceptors (Lipinski definition) is 7. The Balaban J connectivity index is 1.87. The zero-order valence-electron chi connectivity index (χ0n) is 17.8. The van der Waals surface area contributed by atoms with Gasteiger partial charge in [-0.3, -0.25) is 4.72 Å². The van der Waals surface area contributed by atoms with E-state index in [1.807, 2.05) is 0 Å². The molecule has 176 valence electrons. The molecule has 0 fully saturated rings. The number of benzene rings is 1. The molecule has 0 unspecified atom stereocenters. The third-order valence-electron chi connectivity index (χ3n) is 4.33. The van der Waals surface area contributed by atoms with Crippen LogP contribution in [0.4, 0.5) is 18.9 Å². The number of pyridine rings is 2. The van der Waals surface area contributed by atoms with Gasteiger partial charge in [0.2, 0.25) is 21.8 Å². The van der Waals surface area contributed by atoms with Gasteiger partial charge in [-0.1, -0.05) is 12.1 Å². The molecule has 0 atom stereocenters. The van der Waals surface area contributed by atoms with Crippen LogP contribution in [0.5, 0.6) is 17.5 Å². The van der Waals surface area contributed by atoms with Gasteiger partial charge in [-0.05, 0) is 29.8 Å². The molecular weight excluding hydrogens is 463 g/mol. The van der Waals surface area contributed by atoms with Gasteiger partial charge in [-0.25, -0.2) is 18.4 Å². The Morgan fingerprint density at radius 1 is 1.03 bits per heavy atom. The minimum atomic E-state index is -4.41. The summed E-state index contributed by atoms with van der Waals surface area (Å²) in [6.07, 6.45) is -1.99. The molecule has 1 aromatic carbocycles. The summed E-state index contributed by atoms with van der Waals surface area (Å²) in [5.41, 5.74) is 0.611. The van der Waals surface area contributed by atoms with E-state index in [1.54, 1.807) is 12.1 Å². The summed E-state index contributed by atoms with van der Waals surface area (Å²) in [5, 5.41) is 0. The molecule has 3 rings (SSSR count). The van der Waals surface area contributed by atoms with Crippen molar-refractivity contribution < 1.29 is 35.8 Å². The van der Waals surface area contributed by atoms with Crippen molar-refractivity contribution in [1.82, 2.24) is 9.97 Å². The number of anilines is 1. The van der Waals surface area contributed by atoms with Gasteiger partial charge in [0.05, 0.1) is 26.0 Å². The first-order valence-corrected chi connectivity index (χ1v) is 11.3. The standard InChI is InChI=1S/C21H20F3N3O5S/c1-30-17-8-9-18(32-12-13-4-6-15(7-5-13)21(22,23)24)26-19(17)14-10-16(27-33(3,28)29)20(31-2)25-11-14/h4-11,27H,12H2,1-3H3. The van der Waals surface area contributed by atoms with Crippen molar-refractivity contribution in [2.75, 3.05) is 25.2 Å². The van der Waals surface area contributed by atoms with E-state index in [2.05, 4.69) is 14.7 Å². The van der Waals surface area contributed by atoms with Gasteiger partial charge in [0, 0.05) is 17.8 Å². The fraction of sp³-hybridized carbons (Fsp3) is 0.238. The van der Waals surface area contributed by atoms with Gasteiger partial charge in [0.1, 0.15) is 23.7 Å². The molecule has 0 spiro atoms. The van der Waals surface area contributed by atoms with E-state index in [1.165, 1.54) is 38.6 Å². The van der Waals surface area contributed by atoms with Gasteiger partial charge >= 0.3 is 6.18 Å². The Morgan fingerprint density at radius 2 is 1.73 bits per heavy atom. The molecule has 3 aromatic rings. The quantitative estimate of drug-likeness (QED) is 0.514. The average molecular weight is 483 g/mol. The van der Waals surface area contributed by atoms with Crippen LogP contribution in [0.15, 0.2) is 48.7 Å². The third-order valence-corrected chi connectivity index (χ3v) is 4.92. The van der Waals surface area contributed by atoms with Crippen molar-refractivity contribution in [3.63, 3.8) is 0 Å². The van der Waals surface area contributed by atoms with Crippen molar-refractivity contribution in [3.05, 3.63) is 59.8 Å². The molecule has 0 aliphatic rings. The summed E-state index contributed by atoms with van der Waals surface area (Å²) in [4.78, 5) is 8.50. The fourth-order valence-electron chi connectivity index (χ4n) is 2.84. The molecular formula is C21H20F3N3O5S. The average Bonchev–Trinajstić information content (AvgIpc) is 2.76. The Hall–Kier alpha value is -3.54. The van der Waals surface area contributed by atoms with E-state index in [0.717, 1.165) is 18.4 Å². The number of nitrogens with one attached hydrogen (secondary N) is 1. The van der Waals surface area contributed by atoms with Gasteiger partial charge < -0.3 is 14.2 Å². The van der Waals surface area contributed by atoms with Gasteiger partial charge in [-0.15, -0.1) is 0 Å². The minimum Gasteiger partial charge on any atom is -0.494 e. The predicted octanol–water partition coefficient (Wildman–Crippen LogP) is 4.13. The lowest BCUT2D eigenvalue weighted by atomic mass is 10.1. The van der Waals surface area contributed by atoms with Crippen LogP contribution in [-0.2, 0) is 22.8 Å². The molecule has 2 aromatic heterocycles. The number of ether oxygens (including phenoxy) is 3. The van der Waals surface area contributed by atoms with Crippen LogP contribution in [0.2, 0.25) is 0 Å². The molecule has 0 aliphatic carbocycles. The van der Waals surface area contributed by atoms with Crippen LogP contribution < -0.4 is 18.9 Å². The number of methoxy groups -OCH3 is 2. The van der Waals surface area contributed by atoms with Gasteiger partial charge in [0.25, 0.3) is 0 Å². The Kier molecular flexibility index (Phi) is 6.96. The van der Waals surface area contributed by atoms with Crippen LogP contribution in [0.3, 0.4) is 0 Å². The maximum atomic E-state index is 12.7. The van der Waals surface area contributed by atoms with E-state index in [-0.39, 0.29) is 24.1 Å². The van der Waals surface area contributed by atoms with Crippen LogP contribution in [-0.4, -0.2) is 38.9 Å². The predicted molar refractivity (Wildman–Crippen MR) is 115 cm³/mol. The second-order valence-corrected chi connectivity index (χ2v) is 8.59. The smallest absolute Gasteiger partial charge is 0.416 e. The maximum Gasteiger partial charge on any atom is 0.416 e. The summed E-state index contributed by atoms with van der Waals surface area (Å²) in [5.74, 6) is 0.617. The molecule has 8 nitrogen and oxygen atoms in total. The monoisotopic (exact) mass is 483 g/mol. The number of rotatable bonds is 8. The highest BCUT2D eigenvalue weighted by Gasteiger charge is 2.29. The van der Waals surface area contributed by atoms with Crippen LogP contribution >= 0.6 is 0 Å². The number of nitrogens with zero attached hydrogens (tertiary/aromatic N) is 2. The molecule has 1 N–H and O–H groups in total. The van der Waals surface area contributed by atoms with Gasteiger partial charge in [-0.2, -0.15) is 13.2 Å². The van der Waals surface area contributed by atoms with Crippen molar-refractivity contribution in [2.45, 2.75) is 12.8 Å².